The van der Waals surface area contributed by atoms with E-state index in [2.05, 4.69) is 10.4 Å². The van der Waals surface area contributed by atoms with Gasteiger partial charge in [-0.2, -0.15) is 5.10 Å². The number of hydrogen-bond acceptors (Lipinski definition) is 2. The minimum absolute atomic E-state index is 0.121. The number of amides is 1. The summed E-state index contributed by atoms with van der Waals surface area (Å²) in [5, 5.41) is 7.16. The molecule has 1 amide bonds. The van der Waals surface area contributed by atoms with E-state index < -0.39 is 0 Å². The second kappa shape index (κ2) is 6.52. The first-order valence-electron chi connectivity index (χ1n) is 7.09. The van der Waals surface area contributed by atoms with Crippen LogP contribution in [-0.2, 0) is 6.54 Å². The monoisotopic (exact) mass is 289 g/mol. The summed E-state index contributed by atoms with van der Waals surface area (Å²) < 4.78 is 14.6. The van der Waals surface area contributed by atoms with Gasteiger partial charge in [0.1, 0.15) is 5.82 Å². The predicted molar refractivity (Wildman–Crippen MR) is 79.8 cm³/mol. The Bertz CT molecular complexity index is 619. The maximum absolute atomic E-state index is 12.9. The van der Waals surface area contributed by atoms with E-state index in [0.717, 1.165) is 17.8 Å². The summed E-state index contributed by atoms with van der Waals surface area (Å²) in [4.78, 5) is 12.2. The molecule has 4 nitrogen and oxygen atoms in total. The molecule has 1 aromatic heterocycles. The van der Waals surface area contributed by atoms with Gasteiger partial charge in [-0.25, -0.2) is 4.39 Å². The normalized spacial score (nSPS) is 12.2. The molecule has 0 saturated carbocycles. The Hall–Kier alpha value is -2.17. The molecule has 0 spiro atoms. The fourth-order valence-electron chi connectivity index (χ4n) is 2.15. The third-order valence-electron chi connectivity index (χ3n) is 3.52. The molecule has 2 rings (SSSR count). The van der Waals surface area contributed by atoms with Crippen molar-refractivity contribution in [3.8, 4) is 0 Å². The summed E-state index contributed by atoms with van der Waals surface area (Å²) in [7, 11) is 0. The second-order valence-corrected chi connectivity index (χ2v) is 5.15. The number of benzene rings is 1. The second-order valence-electron chi connectivity index (χ2n) is 5.15. The van der Waals surface area contributed by atoms with Crippen LogP contribution in [0, 0.1) is 12.7 Å². The Kier molecular flexibility index (Phi) is 4.73. The molecule has 1 atom stereocenters. The van der Waals surface area contributed by atoms with Crippen LogP contribution in [0.3, 0.4) is 0 Å². The largest absolute Gasteiger partial charge is 0.351 e. The molecule has 0 fully saturated rings. The molecule has 0 saturated heterocycles. The molecule has 1 unspecified atom stereocenters. The van der Waals surface area contributed by atoms with Crippen molar-refractivity contribution in [1.29, 1.82) is 0 Å². The molecule has 0 aliphatic heterocycles. The molecule has 0 aliphatic rings. The van der Waals surface area contributed by atoms with Gasteiger partial charge in [-0.3, -0.25) is 9.48 Å². The number of nitrogens with one attached hydrogen (secondary N) is 1. The predicted octanol–water partition coefficient (Wildman–Crippen LogP) is 2.88. The molecular weight excluding hydrogens is 269 g/mol. The maximum atomic E-state index is 12.9. The molecule has 0 bridgehead atoms. The summed E-state index contributed by atoms with van der Waals surface area (Å²) in [6.07, 6.45) is 1.76. The van der Waals surface area contributed by atoms with Crippen molar-refractivity contribution in [2.45, 2.75) is 33.2 Å². The van der Waals surface area contributed by atoms with Gasteiger partial charge in [0.15, 0.2) is 0 Å². The van der Waals surface area contributed by atoms with Gasteiger partial charge in [0, 0.05) is 19.3 Å². The lowest BCUT2D eigenvalue weighted by Crippen LogP contribution is -2.27. The minimum Gasteiger partial charge on any atom is -0.351 e. The molecule has 0 radical (unpaired) electrons. The molecule has 1 heterocycles. The fraction of sp³-hybridized carbons (Fsp3) is 0.375. The average molecular weight is 289 g/mol. The molecule has 1 aromatic carbocycles. The van der Waals surface area contributed by atoms with Crippen molar-refractivity contribution < 1.29 is 9.18 Å². The Balaban J connectivity index is 1.97. The van der Waals surface area contributed by atoms with Crippen molar-refractivity contribution in [1.82, 2.24) is 15.1 Å². The van der Waals surface area contributed by atoms with Crippen LogP contribution in [0.15, 0.2) is 30.5 Å². The van der Waals surface area contributed by atoms with Gasteiger partial charge in [0.2, 0.25) is 0 Å². The topological polar surface area (TPSA) is 46.9 Å². The van der Waals surface area contributed by atoms with Crippen LogP contribution in [0.2, 0.25) is 0 Å². The van der Waals surface area contributed by atoms with Gasteiger partial charge in [0.25, 0.3) is 5.91 Å². The van der Waals surface area contributed by atoms with Gasteiger partial charge in [0.05, 0.1) is 11.3 Å². The van der Waals surface area contributed by atoms with E-state index in [-0.39, 0.29) is 17.6 Å². The van der Waals surface area contributed by atoms with E-state index in [9.17, 15) is 9.18 Å². The highest BCUT2D eigenvalue weighted by Gasteiger charge is 2.14. The molecule has 21 heavy (non-hydrogen) atoms. The van der Waals surface area contributed by atoms with E-state index in [1.165, 1.54) is 12.1 Å². The van der Waals surface area contributed by atoms with Gasteiger partial charge < -0.3 is 5.32 Å². The average Bonchev–Trinajstić information content (AvgIpc) is 2.86. The van der Waals surface area contributed by atoms with Gasteiger partial charge in [-0.05, 0) is 37.5 Å². The van der Waals surface area contributed by atoms with Gasteiger partial charge >= 0.3 is 0 Å². The Morgan fingerprint density at radius 1 is 1.38 bits per heavy atom. The smallest absolute Gasteiger partial charge is 0.254 e. The van der Waals surface area contributed by atoms with Crippen molar-refractivity contribution in [2.75, 3.05) is 6.54 Å². The lowest BCUT2D eigenvalue weighted by molar-refractivity contribution is 0.0951. The SMILES string of the molecule is CCn1cc(C(=O)NCC(C)c2ccc(F)cc2)c(C)n1. The van der Waals surface area contributed by atoms with E-state index in [1.54, 1.807) is 23.0 Å². The molecule has 2 aromatic rings. The van der Waals surface area contributed by atoms with Crippen LogP contribution in [0.5, 0.6) is 0 Å². The molecule has 112 valence electrons. The first-order valence-corrected chi connectivity index (χ1v) is 7.09. The van der Waals surface area contributed by atoms with Crippen LogP contribution < -0.4 is 5.32 Å². The maximum Gasteiger partial charge on any atom is 0.254 e. The van der Waals surface area contributed by atoms with Crippen molar-refractivity contribution in [2.24, 2.45) is 0 Å². The van der Waals surface area contributed by atoms with Gasteiger partial charge in [-0.1, -0.05) is 19.1 Å². The number of carbonyl (C=O) groups is 1. The van der Waals surface area contributed by atoms with Crippen molar-refractivity contribution in [3.05, 3.63) is 53.1 Å². The summed E-state index contributed by atoms with van der Waals surface area (Å²) in [5.41, 5.74) is 2.32. The third kappa shape index (κ3) is 3.68. The first-order chi connectivity index (χ1) is 10.0. The summed E-state index contributed by atoms with van der Waals surface area (Å²) in [6.45, 7) is 7.03. The van der Waals surface area contributed by atoms with E-state index in [0.29, 0.717) is 12.1 Å². The number of nitrogens with zero attached hydrogens (tertiary/aromatic N) is 2. The molecule has 0 aliphatic carbocycles. The fourth-order valence-corrected chi connectivity index (χ4v) is 2.15. The highest BCUT2D eigenvalue weighted by Crippen LogP contribution is 2.15. The van der Waals surface area contributed by atoms with Crippen molar-refractivity contribution in [3.63, 3.8) is 0 Å². The quantitative estimate of drug-likeness (QED) is 0.920. The van der Waals surface area contributed by atoms with Crippen LogP contribution in [0.4, 0.5) is 4.39 Å². The highest BCUT2D eigenvalue weighted by molar-refractivity contribution is 5.95. The summed E-state index contributed by atoms with van der Waals surface area (Å²) in [6, 6.07) is 6.35. The Morgan fingerprint density at radius 3 is 2.62 bits per heavy atom. The zero-order valence-corrected chi connectivity index (χ0v) is 12.6. The first kappa shape index (κ1) is 15.2. The standard InChI is InChI=1S/C16H20FN3O/c1-4-20-10-15(12(3)19-20)16(21)18-9-11(2)13-5-7-14(17)8-6-13/h5-8,10-11H,4,9H2,1-3H3,(H,18,21). The van der Waals surface area contributed by atoms with Crippen LogP contribution in [0.25, 0.3) is 0 Å². The summed E-state index contributed by atoms with van der Waals surface area (Å²) in [5.74, 6) is -0.255. The van der Waals surface area contributed by atoms with Crippen molar-refractivity contribution >= 4 is 5.91 Å². The molecule has 1 N–H and O–H groups in total. The highest BCUT2D eigenvalue weighted by atomic mass is 19.1. The lowest BCUT2D eigenvalue weighted by atomic mass is 10.0. The van der Waals surface area contributed by atoms with E-state index in [1.807, 2.05) is 20.8 Å². The Labute approximate surface area is 124 Å². The van der Waals surface area contributed by atoms with Crippen LogP contribution >= 0.6 is 0 Å². The van der Waals surface area contributed by atoms with E-state index in [4.69, 9.17) is 0 Å². The van der Waals surface area contributed by atoms with Crippen LogP contribution in [0.1, 0.15) is 41.4 Å². The number of rotatable bonds is 5. The zero-order valence-electron chi connectivity index (χ0n) is 12.6. The van der Waals surface area contributed by atoms with E-state index >= 15 is 0 Å². The Morgan fingerprint density at radius 2 is 2.05 bits per heavy atom. The zero-order chi connectivity index (χ0) is 15.4. The lowest BCUT2D eigenvalue weighted by Gasteiger charge is -2.12. The van der Waals surface area contributed by atoms with Crippen LogP contribution in [-0.4, -0.2) is 22.2 Å². The number of hydrogen-bond donors (Lipinski definition) is 1. The summed E-state index contributed by atoms with van der Waals surface area (Å²) >= 11 is 0. The number of aryl methyl sites for hydroxylation is 2. The third-order valence-corrected chi connectivity index (χ3v) is 3.52. The number of halogens is 1. The number of aromatic nitrogens is 2. The minimum atomic E-state index is -0.252. The number of carbonyl (C=O) groups excluding carboxylic acids is 1. The van der Waals surface area contributed by atoms with Gasteiger partial charge in [-0.15, -0.1) is 0 Å². The molecular formula is C16H20FN3O. The molecule has 5 heteroatoms.